The van der Waals surface area contributed by atoms with E-state index in [9.17, 15) is 5.26 Å². The fraction of sp³-hybridized carbons (Fsp3) is 0.136. The van der Waals surface area contributed by atoms with Gasteiger partial charge in [0.05, 0.1) is 12.5 Å². The third-order valence-electron chi connectivity index (χ3n) is 4.63. The molecule has 0 aromatic heterocycles. The Morgan fingerprint density at radius 2 is 1.85 bits per heavy atom. The highest BCUT2D eigenvalue weighted by atomic mass is 16.5. The number of hydrogen-bond donors (Lipinski definition) is 1. The van der Waals surface area contributed by atoms with Crippen molar-refractivity contribution in [2.75, 3.05) is 6.61 Å². The fourth-order valence-electron chi connectivity index (χ4n) is 3.45. The van der Waals surface area contributed by atoms with Crippen LogP contribution in [-0.2, 0) is 0 Å². The van der Waals surface area contributed by atoms with E-state index in [-0.39, 0.29) is 11.8 Å². The van der Waals surface area contributed by atoms with Gasteiger partial charge in [-0.2, -0.15) is 5.26 Å². The third-order valence-corrected chi connectivity index (χ3v) is 4.63. The topological polar surface area (TPSA) is 68.3 Å². The summed E-state index contributed by atoms with van der Waals surface area (Å²) in [5, 5.41) is 11.7. The highest BCUT2D eigenvalue weighted by Gasteiger charge is 2.31. The van der Waals surface area contributed by atoms with Gasteiger partial charge >= 0.3 is 0 Å². The molecule has 0 bridgehead atoms. The standard InChI is InChI=1S/C22H18N2O2/c1-2-25-16-10-7-15(8-11-16)20-18-12-9-14-5-3-4-6-17(14)21(18)26-22(24)19(20)13-23/h3-12,20H,2,24H2,1H3/t20-/m0/s1. The van der Waals surface area contributed by atoms with E-state index in [2.05, 4.69) is 12.1 Å². The summed E-state index contributed by atoms with van der Waals surface area (Å²) in [6.07, 6.45) is 0. The van der Waals surface area contributed by atoms with Gasteiger partial charge in [-0.25, -0.2) is 0 Å². The Labute approximate surface area is 152 Å². The first-order valence-electron chi connectivity index (χ1n) is 8.55. The largest absolute Gasteiger partial charge is 0.494 e. The maximum Gasteiger partial charge on any atom is 0.205 e. The fourth-order valence-corrected chi connectivity index (χ4v) is 3.45. The van der Waals surface area contributed by atoms with Gasteiger partial charge < -0.3 is 15.2 Å². The second kappa shape index (κ2) is 6.45. The maximum atomic E-state index is 9.68. The van der Waals surface area contributed by atoms with E-state index in [1.807, 2.05) is 61.5 Å². The smallest absolute Gasteiger partial charge is 0.205 e. The van der Waals surface area contributed by atoms with Crippen LogP contribution in [0.3, 0.4) is 0 Å². The molecule has 3 aromatic rings. The molecule has 0 fully saturated rings. The average Bonchev–Trinajstić information content (AvgIpc) is 2.68. The molecule has 1 heterocycles. The van der Waals surface area contributed by atoms with E-state index in [4.69, 9.17) is 15.2 Å². The molecule has 26 heavy (non-hydrogen) atoms. The van der Waals surface area contributed by atoms with Crippen molar-refractivity contribution < 1.29 is 9.47 Å². The molecule has 1 atom stereocenters. The predicted octanol–water partition coefficient (Wildman–Crippen LogP) is 4.46. The van der Waals surface area contributed by atoms with Crippen molar-refractivity contribution >= 4 is 10.8 Å². The summed E-state index contributed by atoms with van der Waals surface area (Å²) in [6.45, 7) is 2.56. The zero-order chi connectivity index (χ0) is 18.1. The van der Waals surface area contributed by atoms with Crippen molar-refractivity contribution in [1.29, 1.82) is 5.26 Å². The zero-order valence-corrected chi connectivity index (χ0v) is 14.4. The Balaban J connectivity index is 1.90. The predicted molar refractivity (Wildman–Crippen MR) is 101 cm³/mol. The van der Waals surface area contributed by atoms with E-state index in [1.165, 1.54) is 0 Å². The van der Waals surface area contributed by atoms with Crippen LogP contribution in [0.25, 0.3) is 10.8 Å². The number of benzene rings is 3. The molecular formula is C22H18N2O2. The first-order chi connectivity index (χ1) is 12.7. The number of hydrogen-bond acceptors (Lipinski definition) is 4. The molecule has 1 aliphatic heterocycles. The summed E-state index contributed by atoms with van der Waals surface area (Å²) >= 11 is 0. The second-order valence-electron chi connectivity index (χ2n) is 6.13. The molecule has 0 radical (unpaired) electrons. The highest BCUT2D eigenvalue weighted by Crippen LogP contribution is 2.45. The van der Waals surface area contributed by atoms with Crippen LogP contribution in [0.15, 0.2) is 72.1 Å². The Bertz CT molecular complexity index is 1050. The van der Waals surface area contributed by atoms with E-state index in [0.29, 0.717) is 12.2 Å². The molecule has 0 saturated heterocycles. The van der Waals surface area contributed by atoms with Crippen LogP contribution in [-0.4, -0.2) is 6.61 Å². The van der Waals surface area contributed by atoms with E-state index >= 15 is 0 Å². The van der Waals surface area contributed by atoms with Crippen LogP contribution in [0.2, 0.25) is 0 Å². The van der Waals surface area contributed by atoms with Gasteiger partial charge in [0.15, 0.2) is 0 Å². The normalized spacial score (nSPS) is 15.9. The molecular weight excluding hydrogens is 324 g/mol. The molecule has 1 aliphatic rings. The van der Waals surface area contributed by atoms with E-state index < -0.39 is 0 Å². The van der Waals surface area contributed by atoms with Crippen molar-refractivity contribution in [2.24, 2.45) is 5.73 Å². The van der Waals surface area contributed by atoms with Crippen LogP contribution >= 0.6 is 0 Å². The van der Waals surface area contributed by atoms with E-state index in [0.717, 1.165) is 33.4 Å². The number of nitrogens with zero attached hydrogens (tertiary/aromatic N) is 1. The molecule has 128 valence electrons. The molecule has 0 aliphatic carbocycles. The molecule has 3 aromatic carbocycles. The lowest BCUT2D eigenvalue weighted by molar-refractivity contribution is 0.340. The monoisotopic (exact) mass is 342 g/mol. The number of allylic oxidation sites excluding steroid dienone is 1. The first kappa shape index (κ1) is 16.0. The summed E-state index contributed by atoms with van der Waals surface area (Å²) in [4.78, 5) is 0. The molecule has 0 spiro atoms. The highest BCUT2D eigenvalue weighted by molar-refractivity contribution is 5.90. The van der Waals surface area contributed by atoms with Gasteiger partial charge in [-0.1, -0.05) is 48.5 Å². The van der Waals surface area contributed by atoms with Crippen LogP contribution in [0, 0.1) is 11.3 Å². The average molecular weight is 342 g/mol. The molecule has 4 nitrogen and oxygen atoms in total. The molecule has 2 N–H and O–H groups in total. The van der Waals surface area contributed by atoms with Gasteiger partial charge in [-0.3, -0.25) is 0 Å². The summed E-state index contributed by atoms with van der Waals surface area (Å²) in [5.41, 5.74) is 8.46. The lowest BCUT2D eigenvalue weighted by Gasteiger charge is -2.27. The molecule has 0 amide bonds. The number of ether oxygens (including phenoxy) is 2. The third kappa shape index (κ3) is 2.55. The summed E-state index contributed by atoms with van der Waals surface area (Å²) in [5.74, 6) is 1.43. The Morgan fingerprint density at radius 3 is 2.58 bits per heavy atom. The minimum Gasteiger partial charge on any atom is -0.494 e. The van der Waals surface area contributed by atoms with Crippen molar-refractivity contribution in [3.8, 4) is 17.6 Å². The van der Waals surface area contributed by atoms with Gasteiger partial charge in [-0.05, 0) is 30.0 Å². The minimum atomic E-state index is -0.260. The number of nitrogens with two attached hydrogens (primary N) is 1. The molecule has 4 rings (SSSR count). The van der Waals surface area contributed by atoms with Crippen LogP contribution in [0.4, 0.5) is 0 Å². The Morgan fingerprint density at radius 1 is 1.08 bits per heavy atom. The van der Waals surface area contributed by atoms with E-state index in [1.54, 1.807) is 0 Å². The SMILES string of the molecule is CCOc1ccc([C@@H]2C(C#N)=C(N)Oc3c2ccc2ccccc32)cc1. The van der Waals surface area contributed by atoms with Gasteiger partial charge in [0.25, 0.3) is 0 Å². The maximum absolute atomic E-state index is 9.68. The number of nitriles is 1. The van der Waals surface area contributed by atoms with Gasteiger partial charge in [0.2, 0.25) is 5.88 Å². The van der Waals surface area contributed by atoms with Crippen LogP contribution < -0.4 is 15.2 Å². The van der Waals surface area contributed by atoms with Crippen molar-refractivity contribution in [1.82, 2.24) is 0 Å². The summed E-state index contributed by atoms with van der Waals surface area (Å²) < 4.78 is 11.4. The molecule has 0 saturated carbocycles. The zero-order valence-electron chi connectivity index (χ0n) is 14.4. The van der Waals surface area contributed by atoms with Gasteiger partial charge in [-0.15, -0.1) is 0 Å². The number of fused-ring (bicyclic) bond motifs is 3. The van der Waals surface area contributed by atoms with Crippen molar-refractivity contribution in [3.05, 3.63) is 83.2 Å². The summed E-state index contributed by atoms with van der Waals surface area (Å²) in [7, 11) is 0. The lowest BCUT2D eigenvalue weighted by atomic mass is 9.82. The van der Waals surface area contributed by atoms with Crippen molar-refractivity contribution in [2.45, 2.75) is 12.8 Å². The van der Waals surface area contributed by atoms with Crippen LogP contribution in [0.5, 0.6) is 11.5 Å². The quantitative estimate of drug-likeness (QED) is 0.763. The first-order valence-corrected chi connectivity index (χ1v) is 8.55. The molecule has 0 unspecified atom stereocenters. The van der Waals surface area contributed by atoms with Gasteiger partial charge in [0, 0.05) is 10.9 Å². The van der Waals surface area contributed by atoms with Crippen LogP contribution in [0.1, 0.15) is 24.0 Å². The summed E-state index contributed by atoms with van der Waals surface area (Å²) in [6, 6.07) is 22.1. The van der Waals surface area contributed by atoms with Crippen molar-refractivity contribution in [3.63, 3.8) is 0 Å². The Kier molecular flexibility index (Phi) is 3.98. The molecule has 4 heteroatoms. The van der Waals surface area contributed by atoms with Gasteiger partial charge in [0.1, 0.15) is 23.1 Å². The Hall–Kier alpha value is -3.45. The second-order valence-corrected chi connectivity index (χ2v) is 6.13. The number of rotatable bonds is 3. The lowest BCUT2D eigenvalue weighted by Crippen LogP contribution is -2.21. The minimum absolute atomic E-state index is 0.162.